The SMILES string of the molecule is CCNC(=NCc1cccc(CN2CCCC(C(N)=O)C2)c1)NC(C)CC.I. The number of aliphatic imine (C=N–C) groups is 1. The maximum atomic E-state index is 11.5. The van der Waals surface area contributed by atoms with E-state index in [0.717, 1.165) is 51.4 Å². The molecule has 0 spiro atoms. The predicted octanol–water partition coefficient (Wildman–Crippen LogP) is 2.86. The summed E-state index contributed by atoms with van der Waals surface area (Å²) in [5.74, 6) is 0.672. The second kappa shape index (κ2) is 13.0. The van der Waals surface area contributed by atoms with Gasteiger partial charge in [-0.2, -0.15) is 0 Å². The molecule has 7 heteroatoms. The largest absolute Gasteiger partial charge is 0.369 e. The number of nitrogens with two attached hydrogens (primary N) is 1. The Morgan fingerprint density at radius 3 is 2.79 bits per heavy atom. The van der Waals surface area contributed by atoms with Gasteiger partial charge in [-0.05, 0) is 50.8 Å². The average Bonchev–Trinajstić information content (AvgIpc) is 2.66. The van der Waals surface area contributed by atoms with Crippen LogP contribution in [0.3, 0.4) is 0 Å². The summed E-state index contributed by atoms with van der Waals surface area (Å²) >= 11 is 0. The van der Waals surface area contributed by atoms with Crippen molar-refractivity contribution in [2.24, 2.45) is 16.6 Å². The third-order valence-electron chi connectivity index (χ3n) is 5.06. The number of piperidine rings is 1. The van der Waals surface area contributed by atoms with Crippen LogP contribution in [0.5, 0.6) is 0 Å². The van der Waals surface area contributed by atoms with E-state index >= 15 is 0 Å². The van der Waals surface area contributed by atoms with Gasteiger partial charge in [-0.3, -0.25) is 9.69 Å². The van der Waals surface area contributed by atoms with Gasteiger partial charge in [-0.25, -0.2) is 4.99 Å². The minimum absolute atomic E-state index is 0. The monoisotopic (exact) mass is 501 g/mol. The summed E-state index contributed by atoms with van der Waals surface area (Å²) in [7, 11) is 0. The normalized spacial score (nSPS) is 18.8. The number of nitrogens with zero attached hydrogens (tertiary/aromatic N) is 2. The Labute approximate surface area is 186 Å². The number of guanidine groups is 1. The van der Waals surface area contributed by atoms with Crippen molar-refractivity contribution in [3.8, 4) is 0 Å². The molecule has 0 radical (unpaired) electrons. The molecule has 28 heavy (non-hydrogen) atoms. The number of rotatable bonds is 8. The molecule has 0 bridgehead atoms. The number of likely N-dealkylation sites (tertiary alicyclic amines) is 1. The molecule has 1 aromatic rings. The maximum absolute atomic E-state index is 11.5. The second-order valence-electron chi connectivity index (χ2n) is 7.45. The summed E-state index contributed by atoms with van der Waals surface area (Å²) < 4.78 is 0. The van der Waals surface area contributed by atoms with Crippen LogP contribution >= 0.6 is 24.0 Å². The van der Waals surface area contributed by atoms with Gasteiger partial charge < -0.3 is 16.4 Å². The quantitative estimate of drug-likeness (QED) is 0.291. The van der Waals surface area contributed by atoms with Crippen LogP contribution in [0.1, 0.15) is 51.2 Å². The first-order valence-electron chi connectivity index (χ1n) is 10.2. The summed E-state index contributed by atoms with van der Waals surface area (Å²) in [6, 6.07) is 8.95. The van der Waals surface area contributed by atoms with Crippen LogP contribution in [0.25, 0.3) is 0 Å². The van der Waals surface area contributed by atoms with E-state index in [-0.39, 0.29) is 35.8 Å². The Balaban J connectivity index is 0.00000392. The van der Waals surface area contributed by atoms with E-state index in [4.69, 9.17) is 10.7 Å². The number of carbonyl (C=O) groups excluding carboxylic acids is 1. The van der Waals surface area contributed by atoms with E-state index in [1.807, 2.05) is 0 Å². The molecule has 158 valence electrons. The molecule has 0 aliphatic carbocycles. The lowest BCUT2D eigenvalue weighted by molar-refractivity contribution is -0.123. The van der Waals surface area contributed by atoms with Crippen molar-refractivity contribution in [2.75, 3.05) is 19.6 Å². The highest BCUT2D eigenvalue weighted by atomic mass is 127. The molecule has 1 aromatic carbocycles. The molecule has 1 amide bonds. The molecule has 0 saturated carbocycles. The van der Waals surface area contributed by atoms with Crippen molar-refractivity contribution in [2.45, 2.75) is 59.2 Å². The fourth-order valence-corrected chi connectivity index (χ4v) is 3.34. The van der Waals surface area contributed by atoms with Gasteiger partial charge in [0.05, 0.1) is 12.5 Å². The van der Waals surface area contributed by atoms with Crippen LogP contribution in [0, 0.1) is 5.92 Å². The molecular formula is C21H36IN5O. The minimum atomic E-state index is -0.174. The molecule has 4 N–H and O–H groups in total. The first-order chi connectivity index (χ1) is 13.0. The first-order valence-corrected chi connectivity index (χ1v) is 10.2. The number of primary amides is 1. The lowest BCUT2D eigenvalue weighted by Crippen LogP contribution is -2.41. The highest BCUT2D eigenvalue weighted by Crippen LogP contribution is 2.19. The van der Waals surface area contributed by atoms with Gasteiger partial charge >= 0.3 is 0 Å². The molecule has 2 rings (SSSR count). The Kier molecular flexibility index (Phi) is 11.4. The highest BCUT2D eigenvalue weighted by Gasteiger charge is 2.23. The molecule has 2 unspecified atom stereocenters. The maximum Gasteiger partial charge on any atom is 0.221 e. The lowest BCUT2D eigenvalue weighted by atomic mass is 9.97. The second-order valence-corrected chi connectivity index (χ2v) is 7.45. The third kappa shape index (κ3) is 8.34. The third-order valence-corrected chi connectivity index (χ3v) is 5.06. The number of hydrogen-bond donors (Lipinski definition) is 3. The molecule has 1 aliphatic rings. The fourth-order valence-electron chi connectivity index (χ4n) is 3.34. The Hall–Kier alpha value is -1.35. The number of benzene rings is 1. The molecule has 6 nitrogen and oxygen atoms in total. The van der Waals surface area contributed by atoms with Crippen molar-refractivity contribution >= 4 is 35.8 Å². The summed E-state index contributed by atoms with van der Waals surface area (Å²) in [5.41, 5.74) is 7.94. The zero-order valence-electron chi connectivity index (χ0n) is 17.4. The highest BCUT2D eigenvalue weighted by molar-refractivity contribution is 14.0. The summed E-state index contributed by atoms with van der Waals surface area (Å²) in [5, 5.41) is 6.72. The Morgan fingerprint density at radius 2 is 2.11 bits per heavy atom. The van der Waals surface area contributed by atoms with Crippen LogP contribution in [-0.2, 0) is 17.9 Å². The van der Waals surface area contributed by atoms with Crippen molar-refractivity contribution in [1.29, 1.82) is 0 Å². The van der Waals surface area contributed by atoms with Crippen LogP contribution in [0.2, 0.25) is 0 Å². The molecule has 1 fully saturated rings. The summed E-state index contributed by atoms with van der Waals surface area (Å²) in [6.07, 6.45) is 3.00. The van der Waals surface area contributed by atoms with Gasteiger partial charge in [0.25, 0.3) is 0 Å². The van der Waals surface area contributed by atoms with E-state index in [1.54, 1.807) is 0 Å². The number of halogens is 1. The van der Waals surface area contributed by atoms with Gasteiger partial charge in [0.1, 0.15) is 0 Å². The standard InChI is InChI=1S/C21H35N5O.HI/c1-4-16(3)25-21(23-5-2)24-13-17-8-6-9-18(12-17)14-26-11-7-10-19(15-26)20(22)27;/h6,8-9,12,16,19H,4-5,7,10-11,13-15H2,1-3H3,(H2,22,27)(H2,23,24,25);1H. The molecule has 0 aromatic heterocycles. The predicted molar refractivity (Wildman–Crippen MR) is 127 cm³/mol. The number of nitrogens with one attached hydrogen (secondary N) is 2. The molecule has 2 atom stereocenters. The van der Waals surface area contributed by atoms with E-state index < -0.39 is 0 Å². The van der Waals surface area contributed by atoms with Crippen LogP contribution in [-0.4, -0.2) is 42.4 Å². The minimum Gasteiger partial charge on any atom is -0.369 e. The van der Waals surface area contributed by atoms with Gasteiger partial charge in [-0.15, -0.1) is 24.0 Å². The van der Waals surface area contributed by atoms with Gasteiger partial charge in [0.2, 0.25) is 5.91 Å². The molecule has 1 aliphatic heterocycles. The number of carbonyl (C=O) groups is 1. The van der Waals surface area contributed by atoms with Crippen molar-refractivity contribution in [3.63, 3.8) is 0 Å². The Bertz CT molecular complexity index is 637. The zero-order chi connectivity index (χ0) is 19.6. The van der Waals surface area contributed by atoms with E-state index in [2.05, 4.69) is 60.6 Å². The summed E-state index contributed by atoms with van der Waals surface area (Å²) in [6.45, 7) is 10.5. The van der Waals surface area contributed by atoms with Crippen LogP contribution in [0.4, 0.5) is 0 Å². The number of hydrogen-bond acceptors (Lipinski definition) is 3. The number of amides is 1. The van der Waals surface area contributed by atoms with E-state index in [0.29, 0.717) is 12.6 Å². The average molecular weight is 501 g/mol. The smallest absolute Gasteiger partial charge is 0.221 e. The van der Waals surface area contributed by atoms with E-state index in [9.17, 15) is 4.79 Å². The van der Waals surface area contributed by atoms with Crippen molar-refractivity contribution < 1.29 is 4.79 Å². The molecular weight excluding hydrogens is 465 g/mol. The van der Waals surface area contributed by atoms with Gasteiger partial charge in [0.15, 0.2) is 5.96 Å². The summed E-state index contributed by atoms with van der Waals surface area (Å²) in [4.78, 5) is 18.5. The lowest BCUT2D eigenvalue weighted by Gasteiger charge is -2.31. The fraction of sp³-hybridized carbons (Fsp3) is 0.619. The molecule has 1 heterocycles. The first kappa shape index (κ1) is 24.7. The van der Waals surface area contributed by atoms with E-state index in [1.165, 1.54) is 11.1 Å². The van der Waals surface area contributed by atoms with Gasteiger partial charge in [-0.1, -0.05) is 31.2 Å². The Morgan fingerprint density at radius 1 is 1.36 bits per heavy atom. The van der Waals surface area contributed by atoms with Crippen LogP contribution in [0.15, 0.2) is 29.3 Å². The topological polar surface area (TPSA) is 82.8 Å². The van der Waals surface area contributed by atoms with Crippen molar-refractivity contribution in [1.82, 2.24) is 15.5 Å². The molecule has 1 saturated heterocycles. The van der Waals surface area contributed by atoms with Gasteiger partial charge in [0, 0.05) is 25.7 Å². The van der Waals surface area contributed by atoms with Crippen molar-refractivity contribution in [3.05, 3.63) is 35.4 Å². The van der Waals surface area contributed by atoms with Crippen LogP contribution < -0.4 is 16.4 Å². The zero-order valence-corrected chi connectivity index (χ0v) is 19.7.